The first-order valence-electron chi connectivity index (χ1n) is 4.37. The summed E-state index contributed by atoms with van der Waals surface area (Å²) >= 11 is 1.55. The predicted octanol–water partition coefficient (Wildman–Crippen LogP) is 1.50. The quantitative estimate of drug-likeness (QED) is 0.634. The van der Waals surface area contributed by atoms with Crippen LogP contribution in [-0.2, 0) is 0 Å². The van der Waals surface area contributed by atoms with Crippen molar-refractivity contribution in [3.05, 3.63) is 46.2 Å². The molecule has 0 atom stereocenters. The SMILES string of the molecule is O=c1c2ccccc2[se]n1-c1nccs1. The minimum atomic E-state index is 0.0472. The van der Waals surface area contributed by atoms with Gasteiger partial charge in [-0.3, -0.25) is 0 Å². The first-order chi connectivity index (χ1) is 7.36. The number of fused-ring (bicyclic) bond motifs is 1. The number of rotatable bonds is 1. The predicted molar refractivity (Wildman–Crippen MR) is 62.2 cm³/mol. The van der Waals surface area contributed by atoms with Crippen molar-refractivity contribution in [1.29, 1.82) is 0 Å². The van der Waals surface area contributed by atoms with E-state index in [0.29, 0.717) is 0 Å². The molecule has 0 radical (unpaired) electrons. The van der Waals surface area contributed by atoms with Crippen LogP contribution in [0.3, 0.4) is 0 Å². The summed E-state index contributed by atoms with van der Waals surface area (Å²) < 4.78 is 2.92. The standard InChI is InChI=1S/C10H6N2OSSe/c13-9-7-3-1-2-4-8(7)15-12(9)10-11-5-6-14-10/h1-6H. The normalized spacial score (nSPS) is 10.9. The zero-order chi connectivity index (χ0) is 10.3. The van der Waals surface area contributed by atoms with Crippen LogP contribution >= 0.6 is 11.3 Å². The maximum absolute atomic E-state index is 12.0. The van der Waals surface area contributed by atoms with Gasteiger partial charge in [0.25, 0.3) is 0 Å². The summed E-state index contributed by atoms with van der Waals surface area (Å²) in [4.78, 5) is 16.2. The van der Waals surface area contributed by atoms with Crippen molar-refractivity contribution in [1.82, 2.24) is 8.55 Å². The average molecular weight is 281 g/mol. The van der Waals surface area contributed by atoms with Gasteiger partial charge in [0, 0.05) is 0 Å². The van der Waals surface area contributed by atoms with Gasteiger partial charge in [-0.25, -0.2) is 0 Å². The van der Waals surface area contributed by atoms with Crippen LogP contribution in [0.1, 0.15) is 0 Å². The Balaban J connectivity index is 2.38. The van der Waals surface area contributed by atoms with E-state index in [9.17, 15) is 4.79 Å². The molecule has 0 aliphatic carbocycles. The third-order valence-electron chi connectivity index (χ3n) is 2.08. The number of hydrogen-bond donors (Lipinski definition) is 0. The van der Waals surface area contributed by atoms with Gasteiger partial charge in [-0.05, 0) is 0 Å². The van der Waals surface area contributed by atoms with E-state index in [2.05, 4.69) is 4.98 Å². The van der Waals surface area contributed by atoms with Crippen molar-refractivity contribution in [2.24, 2.45) is 0 Å². The van der Waals surface area contributed by atoms with Crippen LogP contribution in [0.4, 0.5) is 0 Å². The zero-order valence-electron chi connectivity index (χ0n) is 7.58. The summed E-state index contributed by atoms with van der Waals surface area (Å²) in [7, 11) is 0. The fourth-order valence-corrected chi connectivity index (χ4v) is 4.30. The molecule has 0 fully saturated rings. The molecule has 0 spiro atoms. The number of benzene rings is 1. The van der Waals surface area contributed by atoms with Crippen LogP contribution in [0, 0.1) is 0 Å². The Morgan fingerprint density at radius 1 is 1.33 bits per heavy atom. The van der Waals surface area contributed by atoms with Crippen molar-refractivity contribution in [2.45, 2.75) is 0 Å². The fraction of sp³-hybridized carbons (Fsp3) is 0. The second-order valence-electron chi connectivity index (χ2n) is 3.00. The topological polar surface area (TPSA) is 34.9 Å². The Labute approximate surface area is 95.6 Å². The number of aromatic nitrogens is 2. The molecule has 0 amide bonds. The van der Waals surface area contributed by atoms with E-state index in [-0.39, 0.29) is 20.3 Å². The van der Waals surface area contributed by atoms with Crippen LogP contribution in [-0.4, -0.2) is 23.3 Å². The van der Waals surface area contributed by atoms with Crippen LogP contribution in [0.2, 0.25) is 0 Å². The molecule has 2 heterocycles. The van der Waals surface area contributed by atoms with E-state index < -0.39 is 0 Å². The Hall–Kier alpha value is -1.16. The summed E-state index contributed by atoms with van der Waals surface area (Å²) in [5.41, 5.74) is 0.0838. The maximum atomic E-state index is 12.0. The van der Waals surface area contributed by atoms with Crippen LogP contribution in [0.25, 0.3) is 14.8 Å². The molecule has 0 aliphatic heterocycles. The van der Waals surface area contributed by atoms with Crippen LogP contribution < -0.4 is 5.56 Å². The molecule has 0 saturated carbocycles. The molecule has 0 aliphatic rings. The zero-order valence-corrected chi connectivity index (χ0v) is 10.1. The van der Waals surface area contributed by atoms with Gasteiger partial charge in [-0.1, -0.05) is 0 Å². The Bertz CT molecular complexity index is 653. The summed E-state index contributed by atoms with van der Waals surface area (Å²) in [6.07, 6.45) is 1.73. The van der Waals surface area contributed by atoms with Gasteiger partial charge in [0.15, 0.2) is 0 Å². The van der Waals surface area contributed by atoms with Crippen LogP contribution in [0.15, 0.2) is 40.6 Å². The van der Waals surface area contributed by atoms with E-state index in [1.807, 2.05) is 29.6 Å². The molecular weight excluding hydrogens is 275 g/mol. The van der Waals surface area contributed by atoms with E-state index in [0.717, 1.165) is 14.8 Å². The van der Waals surface area contributed by atoms with Crippen molar-refractivity contribution < 1.29 is 0 Å². The molecule has 0 unspecified atom stereocenters. The molecule has 0 saturated heterocycles. The van der Waals surface area contributed by atoms with E-state index in [1.165, 1.54) is 11.3 Å². The van der Waals surface area contributed by atoms with E-state index >= 15 is 0 Å². The first kappa shape index (κ1) is 9.09. The molecule has 3 nitrogen and oxygen atoms in total. The average Bonchev–Trinajstić information content (AvgIpc) is 2.87. The second kappa shape index (κ2) is 3.45. The monoisotopic (exact) mass is 282 g/mol. The molecule has 1 aromatic carbocycles. The second-order valence-corrected chi connectivity index (χ2v) is 5.95. The minimum absolute atomic E-state index is 0.0472. The molecule has 0 bridgehead atoms. The Morgan fingerprint density at radius 3 is 2.93 bits per heavy atom. The van der Waals surface area contributed by atoms with Gasteiger partial charge in [0.2, 0.25) is 0 Å². The van der Waals surface area contributed by atoms with Crippen LogP contribution in [0.5, 0.6) is 0 Å². The number of nitrogens with zero attached hydrogens (tertiary/aromatic N) is 2. The van der Waals surface area contributed by atoms with Gasteiger partial charge in [-0.2, -0.15) is 0 Å². The van der Waals surface area contributed by atoms with Crippen molar-refractivity contribution in [3.8, 4) is 5.13 Å². The number of hydrogen-bond acceptors (Lipinski definition) is 3. The third kappa shape index (κ3) is 1.40. The van der Waals surface area contributed by atoms with Crippen molar-refractivity contribution >= 4 is 35.7 Å². The van der Waals surface area contributed by atoms with Crippen molar-refractivity contribution in [2.75, 3.05) is 0 Å². The molecule has 0 N–H and O–H groups in total. The number of thiazole rings is 1. The Morgan fingerprint density at radius 2 is 2.20 bits per heavy atom. The summed E-state index contributed by atoms with van der Waals surface area (Å²) in [5.74, 6) is 0. The molecule has 3 aromatic rings. The molecule has 3 rings (SSSR count). The molecule has 2 aromatic heterocycles. The third-order valence-corrected chi connectivity index (χ3v) is 5.36. The van der Waals surface area contributed by atoms with Gasteiger partial charge in [0.1, 0.15) is 0 Å². The molecular formula is C10H6N2OSSe. The van der Waals surface area contributed by atoms with Gasteiger partial charge in [0.05, 0.1) is 0 Å². The van der Waals surface area contributed by atoms with Gasteiger partial charge in [-0.15, -0.1) is 0 Å². The summed E-state index contributed by atoms with van der Waals surface area (Å²) in [6.45, 7) is 0. The Kier molecular flexibility index (Phi) is 2.09. The van der Waals surface area contributed by atoms with Gasteiger partial charge >= 0.3 is 95.6 Å². The molecule has 74 valence electrons. The fourth-order valence-electron chi connectivity index (χ4n) is 1.41. The van der Waals surface area contributed by atoms with Crippen molar-refractivity contribution in [3.63, 3.8) is 0 Å². The van der Waals surface area contributed by atoms with E-state index in [4.69, 9.17) is 0 Å². The summed E-state index contributed by atoms with van der Waals surface area (Å²) in [5, 5.41) is 3.52. The summed E-state index contributed by atoms with van der Waals surface area (Å²) in [6, 6.07) is 7.77. The molecule has 15 heavy (non-hydrogen) atoms. The first-order valence-corrected chi connectivity index (χ1v) is 6.87. The van der Waals surface area contributed by atoms with Gasteiger partial charge < -0.3 is 0 Å². The van der Waals surface area contributed by atoms with E-state index in [1.54, 1.807) is 9.76 Å². The molecule has 5 heteroatoms.